The lowest BCUT2D eigenvalue weighted by molar-refractivity contribution is -0.124. The molecular formula is C22H31ClN2O3. The third kappa shape index (κ3) is 8.30. The fourth-order valence-corrected chi connectivity index (χ4v) is 2.64. The Bertz CT molecular complexity index is 715. The highest BCUT2D eigenvalue weighted by Crippen LogP contribution is 2.17. The molecule has 0 bridgehead atoms. The van der Waals surface area contributed by atoms with Crippen LogP contribution in [-0.2, 0) is 11.3 Å². The molecule has 2 rings (SSSR count). The molecule has 2 unspecified atom stereocenters. The number of hydrogen-bond donors (Lipinski definition) is 3. The van der Waals surface area contributed by atoms with E-state index in [9.17, 15) is 9.90 Å². The second-order valence-electron chi connectivity index (χ2n) is 7.76. The zero-order valence-corrected chi connectivity index (χ0v) is 17.8. The van der Waals surface area contributed by atoms with Gasteiger partial charge in [-0.1, -0.05) is 42.5 Å². The molecule has 3 N–H and O–H groups in total. The van der Waals surface area contributed by atoms with E-state index in [1.807, 2.05) is 82.3 Å². The minimum Gasteiger partial charge on any atom is -0.484 e. The van der Waals surface area contributed by atoms with Gasteiger partial charge in [0, 0.05) is 18.1 Å². The molecule has 0 spiro atoms. The lowest BCUT2D eigenvalue weighted by atomic mass is 10.0. The summed E-state index contributed by atoms with van der Waals surface area (Å²) in [6.07, 6.45) is -0.560. The molecule has 0 saturated carbocycles. The van der Waals surface area contributed by atoms with Gasteiger partial charge in [0.25, 0.3) is 5.91 Å². The maximum absolute atomic E-state index is 11.8. The quantitative estimate of drug-likeness (QED) is 0.626. The maximum Gasteiger partial charge on any atom is 0.258 e. The number of hydrogen-bond acceptors (Lipinski definition) is 4. The van der Waals surface area contributed by atoms with Gasteiger partial charge in [-0.25, -0.2) is 0 Å². The van der Waals surface area contributed by atoms with Crippen LogP contribution in [0, 0.1) is 0 Å². The minimum absolute atomic E-state index is 0. The summed E-state index contributed by atoms with van der Waals surface area (Å²) in [5, 5.41) is 16.6. The normalized spacial score (nSPS) is 13.2. The van der Waals surface area contributed by atoms with Gasteiger partial charge in [-0.2, -0.15) is 0 Å². The zero-order chi connectivity index (χ0) is 19.9. The Balaban J connectivity index is 0.00000392. The van der Waals surface area contributed by atoms with Crippen molar-refractivity contribution in [3.8, 4) is 5.75 Å². The van der Waals surface area contributed by atoms with Gasteiger partial charge < -0.3 is 20.5 Å². The van der Waals surface area contributed by atoms with Crippen molar-refractivity contribution in [2.24, 2.45) is 0 Å². The SMILES string of the molecule is CC(NCc1ccc(OCC(=O)NC(C)(C)C)cc1)C(O)c1ccccc1.Cl. The Morgan fingerprint density at radius 3 is 2.25 bits per heavy atom. The van der Waals surface area contributed by atoms with E-state index < -0.39 is 6.10 Å². The molecule has 0 aliphatic heterocycles. The number of ether oxygens (including phenoxy) is 1. The van der Waals surface area contributed by atoms with E-state index in [1.54, 1.807) is 0 Å². The lowest BCUT2D eigenvalue weighted by Crippen LogP contribution is -2.43. The molecule has 1 amide bonds. The average molecular weight is 407 g/mol. The number of benzene rings is 2. The smallest absolute Gasteiger partial charge is 0.258 e. The van der Waals surface area contributed by atoms with E-state index in [1.165, 1.54) is 0 Å². The first-order valence-electron chi connectivity index (χ1n) is 9.24. The molecule has 2 aromatic rings. The highest BCUT2D eigenvalue weighted by atomic mass is 35.5. The summed E-state index contributed by atoms with van der Waals surface area (Å²) in [5.74, 6) is 0.511. The summed E-state index contributed by atoms with van der Waals surface area (Å²) in [6, 6.07) is 17.1. The number of amides is 1. The molecule has 0 saturated heterocycles. The number of aliphatic hydroxyl groups excluding tert-OH is 1. The van der Waals surface area contributed by atoms with E-state index in [0.29, 0.717) is 12.3 Å². The Kier molecular flexibility index (Phi) is 9.46. The molecule has 0 aromatic heterocycles. The van der Waals surface area contributed by atoms with Crippen LogP contribution in [0.4, 0.5) is 0 Å². The first-order valence-corrected chi connectivity index (χ1v) is 9.24. The van der Waals surface area contributed by atoms with E-state index in [4.69, 9.17) is 4.74 Å². The molecule has 0 aliphatic rings. The second-order valence-corrected chi connectivity index (χ2v) is 7.76. The highest BCUT2D eigenvalue weighted by Gasteiger charge is 2.16. The first-order chi connectivity index (χ1) is 12.7. The Hall–Kier alpha value is -2.08. The van der Waals surface area contributed by atoms with E-state index in [-0.39, 0.29) is 36.5 Å². The molecule has 6 heteroatoms. The van der Waals surface area contributed by atoms with Crippen molar-refractivity contribution < 1.29 is 14.6 Å². The molecule has 0 fully saturated rings. The molecule has 154 valence electrons. The van der Waals surface area contributed by atoms with Crippen molar-refractivity contribution in [3.63, 3.8) is 0 Å². The van der Waals surface area contributed by atoms with Crippen molar-refractivity contribution in [2.75, 3.05) is 6.61 Å². The van der Waals surface area contributed by atoms with Crippen LogP contribution in [0.5, 0.6) is 5.75 Å². The Morgan fingerprint density at radius 2 is 1.68 bits per heavy atom. The predicted octanol–water partition coefficient (Wildman–Crippen LogP) is 3.61. The number of carbonyl (C=O) groups is 1. The zero-order valence-electron chi connectivity index (χ0n) is 16.9. The molecule has 5 nitrogen and oxygen atoms in total. The van der Waals surface area contributed by atoms with Crippen molar-refractivity contribution in [3.05, 3.63) is 65.7 Å². The van der Waals surface area contributed by atoms with Crippen LogP contribution in [0.15, 0.2) is 54.6 Å². The van der Waals surface area contributed by atoms with Gasteiger partial charge in [-0.05, 0) is 51.0 Å². The fourth-order valence-electron chi connectivity index (χ4n) is 2.64. The molecule has 28 heavy (non-hydrogen) atoms. The van der Waals surface area contributed by atoms with Gasteiger partial charge >= 0.3 is 0 Å². The van der Waals surface area contributed by atoms with Gasteiger partial charge in [0.05, 0.1) is 6.10 Å². The summed E-state index contributed by atoms with van der Waals surface area (Å²) in [5.41, 5.74) is 1.71. The number of aliphatic hydroxyl groups is 1. The molecular weight excluding hydrogens is 376 g/mol. The summed E-state index contributed by atoms with van der Waals surface area (Å²) in [6.45, 7) is 8.39. The van der Waals surface area contributed by atoms with Crippen LogP contribution < -0.4 is 15.4 Å². The number of halogens is 1. The van der Waals surface area contributed by atoms with Crippen LogP contribution in [-0.4, -0.2) is 29.2 Å². The third-order valence-electron chi connectivity index (χ3n) is 4.05. The minimum atomic E-state index is -0.560. The van der Waals surface area contributed by atoms with Gasteiger partial charge in [0.1, 0.15) is 5.75 Å². The number of nitrogens with one attached hydrogen (secondary N) is 2. The van der Waals surface area contributed by atoms with Crippen LogP contribution in [0.25, 0.3) is 0 Å². The van der Waals surface area contributed by atoms with E-state index in [2.05, 4.69) is 10.6 Å². The van der Waals surface area contributed by atoms with Crippen LogP contribution in [0.2, 0.25) is 0 Å². The van der Waals surface area contributed by atoms with Crippen molar-refractivity contribution in [2.45, 2.75) is 51.9 Å². The maximum atomic E-state index is 11.8. The van der Waals surface area contributed by atoms with Crippen molar-refractivity contribution in [1.29, 1.82) is 0 Å². The van der Waals surface area contributed by atoms with Crippen molar-refractivity contribution in [1.82, 2.24) is 10.6 Å². The highest BCUT2D eigenvalue weighted by molar-refractivity contribution is 5.85. The molecule has 0 heterocycles. The second kappa shape index (κ2) is 11.1. The standard InChI is InChI=1S/C22H30N2O3.ClH/c1-16(21(26)18-8-6-5-7-9-18)23-14-17-10-12-19(13-11-17)27-15-20(25)24-22(2,3)4;/h5-13,16,21,23,26H,14-15H2,1-4H3,(H,24,25);1H. The van der Waals surface area contributed by atoms with Gasteiger partial charge in [-0.3, -0.25) is 4.79 Å². The Labute approximate surface area is 173 Å². The van der Waals surface area contributed by atoms with Crippen molar-refractivity contribution >= 4 is 18.3 Å². The molecule has 0 aliphatic carbocycles. The van der Waals surface area contributed by atoms with E-state index in [0.717, 1.165) is 11.1 Å². The summed E-state index contributed by atoms with van der Waals surface area (Å²) in [7, 11) is 0. The molecule has 0 radical (unpaired) electrons. The van der Waals surface area contributed by atoms with Gasteiger partial charge in [0.2, 0.25) is 0 Å². The number of carbonyl (C=O) groups excluding carboxylic acids is 1. The lowest BCUT2D eigenvalue weighted by Gasteiger charge is -2.21. The summed E-state index contributed by atoms with van der Waals surface area (Å²) < 4.78 is 5.52. The fraction of sp³-hybridized carbons (Fsp3) is 0.409. The average Bonchev–Trinajstić information content (AvgIpc) is 2.64. The van der Waals surface area contributed by atoms with Crippen LogP contribution in [0.1, 0.15) is 44.9 Å². The predicted molar refractivity (Wildman–Crippen MR) is 115 cm³/mol. The first kappa shape index (κ1) is 24.0. The summed E-state index contributed by atoms with van der Waals surface area (Å²) in [4.78, 5) is 11.8. The molecule has 2 atom stereocenters. The van der Waals surface area contributed by atoms with E-state index >= 15 is 0 Å². The van der Waals surface area contributed by atoms with Crippen LogP contribution in [0.3, 0.4) is 0 Å². The molecule has 2 aromatic carbocycles. The third-order valence-corrected chi connectivity index (χ3v) is 4.05. The summed E-state index contributed by atoms with van der Waals surface area (Å²) >= 11 is 0. The monoisotopic (exact) mass is 406 g/mol. The van der Waals surface area contributed by atoms with Crippen LogP contribution >= 0.6 is 12.4 Å². The topological polar surface area (TPSA) is 70.6 Å². The van der Waals surface area contributed by atoms with Gasteiger partial charge in [0.15, 0.2) is 6.61 Å². The largest absolute Gasteiger partial charge is 0.484 e. The Morgan fingerprint density at radius 1 is 1.07 bits per heavy atom. The number of rotatable bonds is 8. The van der Waals surface area contributed by atoms with Gasteiger partial charge in [-0.15, -0.1) is 12.4 Å².